The maximum atomic E-state index is 12.2. The second-order valence-electron chi connectivity index (χ2n) is 8.25. The van der Waals surface area contributed by atoms with Crippen molar-refractivity contribution < 1.29 is 14.7 Å². The molecule has 30 heavy (non-hydrogen) atoms. The number of benzene rings is 2. The number of hydrogen-bond acceptors (Lipinski definition) is 2. The fraction of sp³-hybridized carbons (Fsp3) is 0.280. The Morgan fingerprint density at radius 3 is 2.53 bits per heavy atom. The summed E-state index contributed by atoms with van der Waals surface area (Å²) in [5.74, 6) is -0.528. The standard InChI is InChI=1S/C25H22ClNO3/c26-24(28)18-12-16-8-4-5-9-19(16)23-22(15-6-2-1-3-7-15)20-11-10-17(25(29)30)13-21(20)27(23)14-18/h4-5,8-13,15H,1-3,6-7,14H2,(H,29,30). The number of aromatic carboxylic acids is 1. The molecule has 2 heterocycles. The third-order valence-electron chi connectivity index (χ3n) is 6.49. The molecule has 0 unspecified atom stereocenters. The molecule has 0 amide bonds. The van der Waals surface area contributed by atoms with E-state index in [1.165, 1.54) is 24.8 Å². The predicted octanol–water partition coefficient (Wildman–Crippen LogP) is 6.22. The third-order valence-corrected chi connectivity index (χ3v) is 6.73. The van der Waals surface area contributed by atoms with E-state index >= 15 is 0 Å². The van der Waals surface area contributed by atoms with E-state index in [1.54, 1.807) is 12.1 Å². The molecule has 4 nitrogen and oxygen atoms in total. The summed E-state index contributed by atoms with van der Waals surface area (Å²) in [7, 11) is 0. The molecule has 0 saturated heterocycles. The highest BCUT2D eigenvalue weighted by molar-refractivity contribution is 6.68. The average Bonchev–Trinajstić information content (AvgIpc) is 2.96. The van der Waals surface area contributed by atoms with E-state index in [-0.39, 0.29) is 5.56 Å². The van der Waals surface area contributed by atoms with Gasteiger partial charge in [0.25, 0.3) is 0 Å². The number of nitrogens with zero attached hydrogens (tertiary/aromatic N) is 1. The second kappa shape index (κ2) is 7.44. The highest BCUT2D eigenvalue weighted by atomic mass is 35.5. The number of carbonyl (C=O) groups is 2. The highest BCUT2D eigenvalue weighted by Crippen LogP contribution is 2.46. The van der Waals surface area contributed by atoms with Crippen LogP contribution in [0.4, 0.5) is 0 Å². The number of carboxylic acids is 1. The average molecular weight is 420 g/mol. The maximum Gasteiger partial charge on any atom is 0.335 e. The van der Waals surface area contributed by atoms with Crippen molar-refractivity contribution in [1.82, 2.24) is 4.57 Å². The van der Waals surface area contributed by atoms with Crippen LogP contribution >= 0.6 is 11.6 Å². The lowest BCUT2D eigenvalue weighted by Gasteiger charge is -2.24. The number of aromatic nitrogens is 1. The lowest BCUT2D eigenvalue weighted by molar-refractivity contribution is -0.108. The molecular weight excluding hydrogens is 398 g/mol. The summed E-state index contributed by atoms with van der Waals surface area (Å²) >= 11 is 5.94. The summed E-state index contributed by atoms with van der Waals surface area (Å²) in [4.78, 5) is 23.8. The fourth-order valence-corrected chi connectivity index (χ4v) is 5.24. The zero-order valence-electron chi connectivity index (χ0n) is 16.5. The van der Waals surface area contributed by atoms with Crippen molar-refractivity contribution in [3.8, 4) is 11.3 Å². The van der Waals surface area contributed by atoms with Gasteiger partial charge in [-0.1, -0.05) is 49.6 Å². The molecule has 0 radical (unpaired) electrons. The first-order valence-electron chi connectivity index (χ1n) is 10.4. The van der Waals surface area contributed by atoms with Gasteiger partial charge in [0.15, 0.2) is 0 Å². The molecule has 1 saturated carbocycles. The molecule has 2 aromatic carbocycles. The third kappa shape index (κ3) is 3.07. The number of carbonyl (C=O) groups excluding carboxylic acids is 1. The van der Waals surface area contributed by atoms with E-state index in [0.717, 1.165) is 40.6 Å². The van der Waals surface area contributed by atoms with Gasteiger partial charge in [0.1, 0.15) is 0 Å². The van der Waals surface area contributed by atoms with Crippen LogP contribution in [0.3, 0.4) is 0 Å². The summed E-state index contributed by atoms with van der Waals surface area (Å²) in [6, 6.07) is 13.4. The fourth-order valence-electron chi connectivity index (χ4n) is 5.13. The molecule has 1 aliphatic carbocycles. The molecule has 1 aliphatic heterocycles. The summed E-state index contributed by atoms with van der Waals surface area (Å²) in [6.07, 6.45) is 7.80. The molecule has 1 fully saturated rings. The maximum absolute atomic E-state index is 12.2. The van der Waals surface area contributed by atoms with Crippen LogP contribution in [0.2, 0.25) is 0 Å². The Morgan fingerprint density at radius 2 is 1.80 bits per heavy atom. The van der Waals surface area contributed by atoms with Gasteiger partial charge in [-0.15, -0.1) is 0 Å². The molecule has 1 N–H and O–H groups in total. The van der Waals surface area contributed by atoms with E-state index in [0.29, 0.717) is 18.0 Å². The van der Waals surface area contributed by atoms with E-state index in [2.05, 4.69) is 10.6 Å². The minimum absolute atomic E-state index is 0.248. The minimum Gasteiger partial charge on any atom is -0.478 e. The van der Waals surface area contributed by atoms with Crippen molar-refractivity contribution in [2.75, 3.05) is 0 Å². The number of halogens is 1. The van der Waals surface area contributed by atoms with Crippen molar-refractivity contribution >= 4 is 39.8 Å². The van der Waals surface area contributed by atoms with E-state index in [4.69, 9.17) is 11.6 Å². The number of hydrogen-bond donors (Lipinski definition) is 1. The molecule has 0 atom stereocenters. The van der Waals surface area contributed by atoms with E-state index in [9.17, 15) is 14.7 Å². The lowest BCUT2D eigenvalue weighted by Crippen LogP contribution is -2.08. The van der Waals surface area contributed by atoms with Gasteiger partial charge in [-0.25, -0.2) is 4.79 Å². The molecule has 5 heteroatoms. The van der Waals surface area contributed by atoms with Crippen LogP contribution in [0, 0.1) is 0 Å². The SMILES string of the molecule is O=C(Cl)C1=Cc2ccccc2-c2c(C3CCCCC3)c3ccc(C(=O)O)cc3n2C1. The van der Waals surface area contributed by atoms with Gasteiger partial charge in [0.2, 0.25) is 5.24 Å². The van der Waals surface area contributed by atoms with Crippen LogP contribution in [0.25, 0.3) is 28.2 Å². The van der Waals surface area contributed by atoms with Gasteiger partial charge in [0.05, 0.1) is 17.8 Å². The number of rotatable bonds is 3. The first kappa shape index (κ1) is 19.1. The van der Waals surface area contributed by atoms with E-state index in [1.807, 2.05) is 30.3 Å². The smallest absolute Gasteiger partial charge is 0.335 e. The van der Waals surface area contributed by atoms with Gasteiger partial charge < -0.3 is 9.67 Å². The Bertz CT molecular complexity index is 1210. The first-order valence-corrected chi connectivity index (χ1v) is 10.8. The van der Waals surface area contributed by atoms with Crippen molar-refractivity contribution in [2.24, 2.45) is 0 Å². The Morgan fingerprint density at radius 1 is 1.03 bits per heavy atom. The Balaban J connectivity index is 1.87. The van der Waals surface area contributed by atoms with Gasteiger partial charge in [0, 0.05) is 22.0 Å². The normalized spacial score (nSPS) is 16.5. The minimum atomic E-state index is -0.954. The predicted molar refractivity (Wildman–Crippen MR) is 119 cm³/mol. The first-order chi connectivity index (χ1) is 14.5. The van der Waals surface area contributed by atoms with Gasteiger partial charge in [-0.3, -0.25) is 4.79 Å². The molecular formula is C25H22ClNO3. The van der Waals surface area contributed by atoms with Crippen LogP contribution in [0.5, 0.6) is 0 Å². The van der Waals surface area contributed by atoms with Crippen LogP contribution in [0.15, 0.2) is 48.0 Å². The summed E-state index contributed by atoms with van der Waals surface area (Å²) < 4.78 is 2.10. The monoisotopic (exact) mass is 419 g/mol. The zero-order chi connectivity index (χ0) is 20.8. The van der Waals surface area contributed by atoms with Gasteiger partial charge >= 0.3 is 5.97 Å². The van der Waals surface area contributed by atoms with Crippen molar-refractivity contribution in [3.05, 3.63) is 64.7 Å². The Labute approximate surface area is 179 Å². The van der Waals surface area contributed by atoms with Crippen molar-refractivity contribution in [2.45, 2.75) is 44.6 Å². The molecule has 0 spiro atoms. The number of carboxylic acid groups (broad SMARTS) is 1. The largest absolute Gasteiger partial charge is 0.478 e. The molecule has 5 rings (SSSR count). The van der Waals surface area contributed by atoms with Crippen LogP contribution in [-0.4, -0.2) is 20.9 Å². The van der Waals surface area contributed by atoms with Crippen LogP contribution in [0.1, 0.15) is 59.5 Å². The number of fused-ring (bicyclic) bond motifs is 5. The van der Waals surface area contributed by atoms with Crippen molar-refractivity contribution in [3.63, 3.8) is 0 Å². The molecule has 0 bridgehead atoms. The van der Waals surface area contributed by atoms with Gasteiger partial charge in [-0.05, 0) is 59.7 Å². The van der Waals surface area contributed by atoms with E-state index < -0.39 is 11.2 Å². The molecule has 1 aromatic heterocycles. The summed E-state index contributed by atoms with van der Waals surface area (Å²) in [5, 5.41) is 10.2. The highest BCUT2D eigenvalue weighted by Gasteiger charge is 2.29. The second-order valence-corrected chi connectivity index (χ2v) is 8.59. The van der Waals surface area contributed by atoms with Gasteiger partial charge in [-0.2, -0.15) is 0 Å². The van der Waals surface area contributed by atoms with Crippen LogP contribution in [-0.2, 0) is 11.3 Å². The Kier molecular flexibility index (Phi) is 4.75. The summed E-state index contributed by atoms with van der Waals surface area (Å²) in [5.41, 5.74) is 6.03. The quantitative estimate of drug-likeness (QED) is 0.513. The Hall–Kier alpha value is -2.85. The number of allylic oxidation sites excluding steroid dienone is 1. The summed E-state index contributed by atoms with van der Waals surface area (Å²) in [6.45, 7) is 0.332. The molecule has 3 aromatic rings. The van der Waals surface area contributed by atoms with Crippen molar-refractivity contribution in [1.29, 1.82) is 0 Å². The molecule has 2 aliphatic rings. The lowest BCUT2D eigenvalue weighted by atomic mass is 9.81. The topological polar surface area (TPSA) is 59.3 Å². The zero-order valence-corrected chi connectivity index (χ0v) is 17.3. The molecule has 152 valence electrons. The van der Waals surface area contributed by atoms with Crippen LogP contribution < -0.4 is 0 Å².